The van der Waals surface area contributed by atoms with Gasteiger partial charge in [-0.2, -0.15) is 0 Å². The Morgan fingerprint density at radius 2 is 1.92 bits per heavy atom. The van der Waals surface area contributed by atoms with Gasteiger partial charge in [0.1, 0.15) is 11.5 Å². The monoisotopic (exact) mass is 332 g/mol. The summed E-state index contributed by atoms with van der Waals surface area (Å²) in [5.41, 5.74) is 1.53. The summed E-state index contributed by atoms with van der Waals surface area (Å²) in [5.74, 6) is 1.45. The minimum absolute atomic E-state index is 0.0394. The number of hydrogen-bond acceptors (Lipinski definition) is 5. The van der Waals surface area contributed by atoms with Crippen molar-refractivity contribution < 1.29 is 19.1 Å². The van der Waals surface area contributed by atoms with E-state index in [9.17, 15) is 4.79 Å². The number of hydrogen-bond donors (Lipinski definition) is 0. The number of benzene rings is 1. The average Bonchev–Trinajstić information content (AvgIpc) is 2.95. The predicted molar refractivity (Wildman–Crippen MR) is 90.6 cm³/mol. The standard InChI is InChI=1S/C18H24N2O4/c1-22-13-7-8-16(23-2)14(11-13)15-12-17(24-19-15)18(21)20-9-5-3-4-6-10-20/h7-8,11,17H,3-6,9-10,12H2,1-2H3/t17-/m0/s1. The van der Waals surface area contributed by atoms with E-state index in [1.54, 1.807) is 14.2 Å². The van der Waals surface area contributed by atoms with Gasteiger partial charge in [0.2, 0.25) is 6.10 Å². The number of likely N-dealkylation sites (tertiary alicyclic amines) is 1. The highest BCUT2D eigenvalue weighted by Crippen LogP contribution is 2.29. The van der Waals surface area contributed by atoms with E-state index in [1.807, 2.05) is 23.1 Å². The van der Waals surface area contributed by atoms with Gasteiger partial charge in [0, 0.05) is 25.1 Å². The van der Waals surface area contributed by atoms with Gasteiger partial charge in [-0.15, -0.1) is 0 Å². The number of carbonyl (C=O) groups excluding carboxylic acids is 1. The Balaban J connectivity index is 1.71. The van der Waals surface area contributed by atoms with Gasteiger partial charge in [0.05, 0.1) is 19.9 Å². The molecule has 2 aliphatic heterocycles. The molecule has 0 bridgehead atoms. The summed E-state index contributed by atoms with van der Waals surface area (Å²) >= 11 is 0. The molecule has 1 atom stereocenters. The van der Waals surface area contributed by atoms with Crippen LogP contribution in [0.2, 0.25) is 0 Å². The van der Waals surface area contributed by atoms with E-state index in [1.165, 1.54) is 12.8 Å². The summed E-state index contributed by atoms with van der Waals surface area (Å²) in [4.78, 5) is 20.0. The minimum atomic E-state index is -0.533. The molecule has 2 heterocycles. The van der Waals surface area contributed by atoms with Crippen molar-refractivity contribution in [2.75, 3.05) is 27.3 Å². The van der Waals surface area contributed by atoms with E-state index >= 15 is 0 Å². The lowest BCUT2D eigenvalue weighted by molar-refractivity contribution is -0.142. The Morgan fingerprint density at radius 3 is 2.58 bits per heavy atom. The van der Waals surface area contributed by atoms with E-state index in [4.69, 9.17) is 14.3 Å². The lowest BCUT2D eigenvalue weighted by Gasteiger charge is -2.22. The van der Waals surface area contributed by atoms with E-state index < -0.39 is 6.10 Å². The van der Waals surface area contributed by atoms with Gasteiger partial charge < -0.3 is 19.2 Å². The predicted octanol–water partition coefficient (Wildman–Crippen LogP) is 2.60. The molecule has 0 aliphatic carbocycles. The van der Waals surface area contributed by atoms with Crippen LogP contribution < -0.4 is 9.47 Å². The molecule has 24 heavy (non-hydrogen) atoms. The highest BCUT2D eigenvalue weighted by atomic mass is 16.6. The van der Waals surface area contributed by atoms with Crippen molar-refractivity contribution in [3.63, 3.8) is 0 Å². The van der Waals surface area contributed by atoms with Gasteiger partial charge >= 0.3 is 0 Å². The molecule has 0 unspecified atom stereocenters. The van der Waals surface area contributed by atoms with Gasteiger partial charge in [0.25, 0.3) is 5.91 Å². The van der Waals surface area contributed by atoms with Crippen molar-refractivity contribution in [3.8, 4) is 11.5 Å². The summed E-state index contributed by atoms with van der Waals surface area (Å²) in [6.07, 6.45) is 4.44. The van der Waals surface area contributed by atoms with Crippen LogP contribution in [-0.4, -0.2) is 49.9 Å². The third kappa shape index (κ3) is 3.47. The van der Waals surface area contributed by atoms with E-state index in [-0.39, 0.29) is 5.91 Å². The SMILES string of the molecule is COc1ccc(OC)c(C2=NO[C@H](C(=O)N3CCCCCC3)C2)c1. The summed E-state index contributed by atoms with van der Waals surface area (Å²) in [6.45, 7) is 1.63. The van der Waals surface area contributed by atoms with Crippen molar-refractivity contribution in [1.82, 2.24) is 4.90 Å². The van der Waals surface area contributed by atoms with E-state index in [0.717, 1.165) is 43.0 Å². The average molecular weight is 332 g/mol. The third-order valence-corrected chi connectivity index (χ3v) is 4.58. The molecule has 0 N–H and O–H groups in total. The number of ether oxygens (including phenoxy) is 2. The Bertz CT molecular complexity index is 621. The summed E-state index contributed by atoms with van der Waals surface area (Å²) in [7, 11) is 3.23. The Hall–Kier alpha value is -2.24. The molecule has 1 fully saturated rings. The Labute approximate surface area is 142 Å². The number of nitrogens with zero attached hydrogens (tertiary/aromatic N) is 2. The van der Waals surface area contributed by atoms with Crippen molar-refractivity contribution in [2.24, 2.45) is 5.16 Å². The smallest absolute Gasteiger partial charge is 0.266 e. The number of oxime groups is 1. The zero-order chi connectivity index (χ0) is 16.9. The fourth-order valence-corrected chi connectivity index (χ4v) is 3.20. The maximum Gasteiger partial charge on any atom is 0.266 e. The summed E-state index contributed by atoms with van der Waals surface area (Å²) in [5, 5.41) is 4.14. The van der Waals surface area contributed by atoms with Crippen LogP contribution in [0.25, 0.3) is 0 Å². The number of amides is 1. The first kappa shape index (κ1) is 16.6. The van der Waals surface area contributed by atoms with Crippen LogP contribution in [0.1, 0.15) is 37.7 Å². The van der Waals surface area contributed by atoms with Gasteiger partial charge in [-0.05, 0) is 31.0 Å². The highest BCUT2D eigenvalue weighted by Gasteiger charge is 2.33. The maximum absolute atomic E-state index is 12.7. The highest BCUT2D eigenvalue weighted by molar-refractivity contribution is 6.06. The number of rotatable bonds is 4. The van der Waals surface area contributed by atoms with Gasteiger partial charge in [-0.3, -0.25) is 4.79 Å². The molecule has 130 valence electrons. The molecule has 0 aromatic heterocycles. The fourth-order valence-electron chi connectivity index (χ4n) is 3.20. The molecule has 2 aliphatic rings. The first-order chi connectivity index (χ1) is 11.7. The van der Waals surface area contributed by atoms with Crippen molar-refractivity contribution >= 4 is 11.6 Å². The molecule has 1 aromatic rings. The Morgan fingerprint density at radius 1 is 1.17 bits per heavy atom. The van der Waals surface area contributed by atoms with Crippen molar-refractivity contribution in [1.29, 1.82) is 0 Å². The van der Waals surface area contributed by atoms with E-state index in [2.05, 4.69) is 5.16 Å². The van der Waals surface area contributed by atoms with Gasteiger partial charge in [-0.1, -0.05) is 18.0 Å². The second kappa shape index (κ2) is 7.55. The van der Waals surface area contributed by atoms with Crippen LogP contribution in [-0.2, 0) is 9.63 Å². The quantitative estimate of drug-likeness (QED) is 0.850. The molecule has 6 heteroatoms. The minimum Gasteiger partial charge on any atom is -0.497 e. The molecule has 1 aromatic carbocycles. The first-order valence-electron chi connectivity index (χ1n) is 8.47. The first-order valence-corrected chi connectivity index (χ1v) is 8.47. The molecule has 6 nitrogen and oxygen atoms in total. The maximum atomic E-state index is 12.7. The lowest BCUT2D eigenvalue weighted by Crippen LogP contribution is -2.39. The molecule has 0 radical (unpaired) electrons. The van der Waals surface area contributed by atoms with E-state index in [0.29, 0.717) is 12.2 Å². The van der Waals surface area contributed by atoms with Gasteiger partial charge in [0.15, 0.2) is 0 Å². The van der Waals surface area contributed by atoms with Crippen LogP contribution in [0.15, 0.2) is 23.4 Å². The zero-order valence-electron chi connectivity index (χ0n) is 14.3. The van der Waals surface area contributed by atoms with Crippen LogP contribution in [0, 0.1) is 0 Å². The van der Waals surface area contributed by atoms with Crippen LogP contribution in [0.4, 0.5) is 0 Å². The third-order valence-electron chi connectivity index (χ3n) is 4.58. The number of methoxy groups -OCH3 is 2. The molecule has 0 saturated carbocycles. The molecular weight excluding hydrogens is 308 g/mol. The lowest BCUT2D eigenvalue weighted by atomic mass is 10.0. The summed E-state index contributed by atoms with van der Waals surface area (Å²) < 4.78 is 10.7. The van der Waals surface area contributed by atoms with Crippen LogP contribution in [0.3, 0.4) is 0 Å². The van der Waals surface area contributed by atoms with Crippen molar-refractivity contribution in [2.45, 2.75) is 38.2 Å². The van der Waals surface area contributed by atoms with Crippen molar-refractivity contribution in [3.05, 3.63) is 23.8 Å². The Kier molecular flexibility index (Phi) is 5.23. The summed E-state index contributed by atoms with van der Waals surface area (Å²) in [6, 6.07) is 5.53. The van der Waals surface area contributed by atoms with Crippen LogP contribution >= 0.6 is 0 Å². The second-order valence-corrected chi connectivity index (χ2v) is 6.14. The normalized spacial score (nSPS) is 20.8. The molecule has 3 rings (SSSR count). The largest absolute Gasteiger partial charge is 0.497 e. The molecule has 1 saturated heterocycles. The molecule has 1 amide bonds. The zero-order valence-corrected chi connectivity index (χ0v) is 14.3. The fraction of sp³-hybridized carbons (Fsp3) is 0.556. The van der Waals surface area contributed by atoms with Crippen LogP contribution in [0.5, 0.6) is 11.5 Å². The topological polar surface area (TPSA) is 60.4 Å². The second-order valence-electron chi connectivity index (χ2n) is 6.14. The molecule has 0 spiro atoms. The molecular formula is C18H24N2O4. The number of carbonyl (C=O) groups is 1. The van der Waals surface area contributed by atoms with Gasteiger partial charge in [-0.25, -0.2) is 0 Å².